The van der Waals surface area contributed by atoms with Crippen LogP contribution in [0.1, 0.15) is 37.6 Å². The number of aryl methyl sites for hydroxylation is 1. The number of benzene rings is 2. The Hall–Kier alpha value is -3.83. The van der Waals surface area contributed by atoms with Crippen LogP contribution in [0.15, 0.2) is 53.1 Å². The lowest BCUT2D eigenvalue weighted by Gasteiger charge is -2.19. The van der Waals surface area contributed by atoms with Crippen molar-refractivity contribution in [3.63, 3.8) is 0 Å². The molecule has 6 N–H and O–H groups in total. The van der Waals surface area contributed by atoms with Crippen molar-refractivity contribution in [2.45, 2.75) is 25.8 Å². The van der Waals surface area contributed by atoms with Crippen LogP contribution in [0.25, 0.3) is 0 Å². The normalized spacial score (nSPS) is 11.6. The summed E-state index contributed by atoms with van der Waals surface area (Å²) in [6.07, 6.45) is -0.191. The molecule has 1 atom stereocenters. The van der Waals surface area contributed by atoms with Crippen molar-refractivity contribution < 1.29 is 34.4 Å². The largest absolute Gasteiger partial charge is 0.507 e. The molecule has 0 aliphatic rings. The minimum Gasteiger partial charge on any atom is -0.507 e. The van der Waals surface area contributed by atoms with E-state index in [9.17, 15) is 24.7 Å². The highest BCUT2D eigenvalue weighted by atomic mass is 16.5. The predicted molar refractivity (Wildman–Crippen MR) is 115 cm³/mol. The molecule has 1 amide bonds. The fraction of sp³-hybridized carbons (Fsp3) is 0.190. The molecule has 2 aromatic carbocycles. The number of para-hydroxylation sites is 1. The Bertz CT molecular complexity index is 1120. The van der Waals surface area contributed by atoms with Crippen LogP contribution in [0.5, 0.6) is 5.75 Å². The number of hydrogen-bond donors (Lipinski definition) is 6. The van der Waals surface area contributed by atoms with Gasteiger partial charge >= 0.3 is 13.1 Å². The first kappa shape index (κ1) is 22.9. The number of carboxylic acids is 1. The fourth-order valence-corrected chi connectivity index (χ4v) is 3.11. The second-order valence-corrected chi connectivity index (χ2v) is 7.19. The monoisotopic (exact) mass is 439 g/mol. The van der Waals surface area contributed by atoms with E-state index in [1.807, 2.05) is 6.07 Å². The number of carbonyl (C=O) groups is 2. The lowest BCUT2D eigenvalue weighted by Crippen LogP contribution is -2.48. The van der Waals surface area contributed by atoms with E-state index in [1.54, 1.807) is 31.2 Å². The van der Waals surface area contributed by atoms with Crippen LogP contribution in [0.4, 0.5) is 5.82 Å². The molecule has 0 aliphatic carbocycles. The van der Waals surface area contributed by atoms with Gasteiger partial charge in [-0.3, -0.25) is 4.79 Å². The van der Waals surface area contributed by atoms with Crippen molar-refractivity contribution in [1.82, 2.24) is 10.5 Å². The number of aromatic hydroxyl groups is 1. The third kappa shape index (κ3) is 5.65. The van der Waals surface area contributed by atoms with Crippen LogP contribution >= 0.6 is 0 Å². The summed E-state index contributed by atoms with van der Waals surface area (Å²) in [5.74, 6) is -2.33. The highest BCUT2D eigenvalue weighted by Gasteiger charge is 2.28. The van der Waals surface area contributed by atoms with Gasteiger partial charge in [0.25, 0.3) is 5.91 Å². The van der Waals surface area contributed by atoms with Crippen molar-refractivity contribution >= 4 is 24.8 Å². The van der Waals surface area contributed by atoms with Gasteiger partial charge in [0.05, 0.1) is 5.94 Å². The van der Waals surface area contributed by atoms with Crippen molar-refractivity contribution in [3.8, 4) is 5.75 Å². The minimum atomic E-state index is -1.94. The Kier molecular flexibility index (Phi) is 7.13. The van der Waals surface area contributed by atoms with Crippen molar-refractivity contribution in [2.75, 3.05) is 5.32 Å². The first-order valence-electron chi connectivity index (χ1n) is 9.72. The lowest BCUT2D eigenvalue weighted by atomic mass is 9.75. The highest BCUT2D eigenvalue weighted by molar-refractivity contribution is 6.43. The summed E-state index contributed by atoms with van der Waals surface area (Å²) < 4.78 is 4.98. The first-order valence-corrected chi connectivity index (χ1v) is 9.72. The van der Waals surface area contributed by atoms with Crippen LogP contribution < -0.4 is 10.6 Å². The van der Waals surface area contributed by atoms with Gasteiger partial charge < -0.3 is 35.4 Å². The SMILES string of the molecule is Cc1cc(NCc2cccc(C(=O)N[C@@H](Cc3cccc(C(=O)O)c3O)B(O)O)c2)no1. The molecule has 3 aromatic rings. The number of anilines is 1. The molecule has 0 saturated heterocycles. The topological polar surface area (TPSA) is 165 Å². The van der Waals surface area contributed by atoms with Crippen LogP contribution in [0.2, 0.25) is 0 Å². The number of amides is 1. The smallest absolute Gasteiger partial charge is 0.475 e. The van der Waals surface area contributed by atoms with Crippen molar-refractivity contribution in [1.29, 1.82) is 0 Å². The minimum absolute atomic E-state index is 0.157. The number of rotatable bonds is 9. The van der Waals surface area contributed by atoms with Gasteiger partial charge in [-0.05, 0) is 42.7 Å². The number of hydrogen-bond acceptors (Lipinski definition) is 8. The van der Waals surface area contributed by atoms with Gasteiger partial charge in [0.15, 0.2) is 5.82 Å². The highest BCUT2D eigenvalue weighted by Crippen LogP contribution is 2.24. The van der Waals surface area contributed by atoms with E-state index < -0.39 is 30.7 Å². The van der Waals surface area contributed by atoms with Gasteiger partial charge in [-0.1, -0.05) is 29.4 Å². The molecule has 0 unspecified atom stereocenters. The number of nitrogens with one attached hydrogen (secondary N) is 2. The van der Waals surface area contributed by atoms with E-state index >= 15 is 0 Å². The molecule has 1 heterocycles. The Labute approximate surface area is 183 Å². The zero-order valence-corrected chi connectivity index (χ0v) is 17.1. The molecule has 0 saturated carbocycles. The summed E-state index contributed by atoms with van der Waals surface area (Å²) in [5, 5.41) is 48.1. The molecule has 3 rings (SSSR count). The van der Waals surface area contributed by atoms with Gasteiger partial charge in [-0.2, -0.15) is 0 Å². The number of carbonyl (C=O) groups excluding carboxylic acids is 1. The molecule has 32 heavy (non-hydrogen) atoms. The summed E-state index contributed by atoms with van der Waals surface area (Å²) in [4.78, 5) is 23.9. The zero-order chi connectivity index (χ0) is 23.3. The summed E-state index contributed by atoms with van der Waals surface area (Å²) in [7, 11) is -1.94. The molecular weight excluding hydrogens is 417 g/mol. The Morgan fingerprint density at radius 3 is 2.56 bits per heavy atom. The molecule has 0 bridgehead atoms. The first-order chi connectivity index (χ1) is 15.2. The second-order valence-electron chi connectivity index (χ2n) is 7.19. The van der Waals surface area contributed by atoms with E-state index in [0.29, 0.717) is 18.1 Å². The Morgan fingerprint density at radius 2 is 1.91 bits per heavy atom. The second kappa shape index (κ2) is 9.99. The molecule has 10 nitrogen and oxygen atoms in total. The molecule has 11 heteroatoms. The maximum absolute atomic E-state index is 12.7. The van der Waals surface area contributed by atoms with E-state index in [0.717, 1.165) is 5.56 Å². The van der Waals surface area contributed by atoms with Crippen LogP contribution in [0.3, 0.4) is 0 Å². The van der Waals surface area contributed by atoms with E-state index in [1.165, 1.54) is 18.2 Å². The maximum Gasteiger partial charge on any atom is 0.475 e. The van der Waals surface area contributed by atoms with E-state index in [2.05, 4.69) is 15.8 Å². The Balaban J connectivity index is 1.70. The van der Waals surface area contributed by atoms with Gasteiger partial charge in [0.1, 0.15) is 17.1 Å². The zero-order valence-electron chi connectivity index (χ0n) is 17.1. The number of carboxylic acid groups (broad SMARTS) is 1. The van der Waals surface area contributed by atoms with Crippen molar-refractivity contribution in [3.05, 3.63) is 76.5 Å². The molecular formula is C21H22BN3O7. The van der Waals surface area contributed by atoms with Gasteiger partial charge in [-0.25, -0.2) is 4.79 Å². The molecule has 0 aliphatic heterocycles. The average Bonchev–Trinajstić information content (AvgIpc) is 3.18. The number of nitrogens with zero attached hydrogens (tertiary/aromatic N) is 1. The lowest BCUT2D eigenvalue weighted by molar-refractivity contribution is 0.0693. The van der Waals surface area contributed by atoms with Crippen LogP contribution in [-0.4, -0.2) is 50.4 Å². The average molecular weight is 439 g/mol. The maximum atomic E-state index is 12.7. The molecule has 0 radical (unpaired) electrons. The molecule has 1 aromatic heterocycles. The van der Waals surface area contributed by atoms with Gasteiger partial charge in [0, 0.05) is 18.2 Å². The Morgan fingerprint density at radius 1 is 1.16 bits per heavy atom. The number of phenols is 1. The molecule has 166 valence electrons. The fourth-order valence-electron chi connectivity index (χ4n) is 3.11. The quantitative estimate of drug-likeness (QED) is 0.270. The third-order valence-corrected chi connectivity index (χ3v) is 4.76. The van der Waals surface area contributed by atoms with Crippen LogP contribution in [0, 0.1) is 6.92 Å². The summed E-state index contributed by atoms with van der Waals surface area (Å²) >= 11 is 0. The molecule has 0 fully saturated rings. The summed E-state index contributed by atoms with van der Waals surface area (Å²) in [6.45, 7) is 2.15. The number of aromatic carboxylic acids is 1. The van der Waals surface area contributed by atoms with Crippen molar-refractivity contribution in [2.24, 2.45) is 0 Å². The van der Waals surface area contributed by atoms with E-state index in [-0.39, 0.29) is 23.1 Å². The standard InChI is InChI=1S/C21H22BN3O7/c1-12-8-18(25-32-12)23-11-13-4-2-6-15(9-13)20(27)24-17(22(30)31)10-14-5-3-7-16(19(14)26)21(28)29/h2-9,17,26,30-31H,10-11H2,1H3,(H,23,25)(H,24,27)(H,28,29)/t17-/m0/s1. The predicted octanol–water partition coefficient (Wildman–Crippen LogP) is 1.35. The summed E-state index contributed by atoms with van der Waals surface area (Å²) in [5.41, 5.74) is 0.910. The van der Waals surface area contributed by atoms with Gasteiger partial charge in [0.2, 0.25) is 0 Å². The molecule has 0 spiro atoms. The number of aromatic nitrogens is 1. The van der Waals surface area contributed by atoms with E-state index in [4.69, 9.17) is 9.63 Å². The third-order valence-electron chi connectivity index (χ3n) is 4.76. The van der Waals surface area contributed by atoms with Gasteiger partial charge in [-0.15, -0.1) is 0 Å². The van der Waals surface area contributed by atoms with Crippen LogP contribution in [-0.2, 0) is 13.0 Å². The summed E-state index contributed by atoms with van der Waals surface area (Å²) in [6, 6.07) is 12.5.